The second kappa shape index (κ2) is 4.69. The van der Waals surface area contributed by atoms with Gasteiger partial charge in [0.25, 0.3) is 0 Å². The summed E-state index contributed by atoms with van der Waals surface area (Å²) in [7, 11) is 0. The van der Waals surface area contributed by atoms with E-state index in [1.807, 2.05) is 0 Å². The van der Waals surface area contributed by atoms with Gasteiger partial charge in [0, 0.05) is 6.04 Å². The first-order chi connectivity index (χ1) is 4.26. The fourth-order valence-electron chi connectivity index (χ4n) is 0.439. The highest BCUT2D eigenvalue weighted by molar-refractivity contribution is 4.57. The van der Waals surface area contributed by atoms with Crippen LogP contribution >= 0.6 is 0 Å². The number of hydrogen-bond acceptors (Lipinski definition) is 4. The predicted octanol–water partition coefficient (Wildman–Crippen LogP) is -1.43. The zero-order valence-corrected chi connectivity index (χ0v) is 5.49. The number of aliphatic hydroxyl groups is 3. The number of rotatable bonds is 4. The summed E-state index contributed by atoms with van der Waals surface area (Å²) in [6.07, 6.45) is 0. The van der Waals surface area contributed by atoms with Gasteiger partial charge in [0.2, 0.25) is 0 Å². The normalized spacial score (nSPS) is 14.3. The molecule has 0 saturated heterocycles. The van der Waals surface area contributed by atoms with Crippen LogP contribution in [0.4, 0.5) is 0 Å². The zero-order valence-electron chi connectivity index (χ0n) is 5.49. The molecule has 0 radical (unpaired) electrons. The van der Waals surface area contributed by atoms with Gasteiger partial charge in [0.1, 0.15) is 0 Å². The fraction of sp³-hybridized carbons (Fsp3) is 1.00. The van der Waals surface area contributed by atoms with E-state index in [1.54, 1.807) is 6.92 Å². The minimum absolute atomic E-state index is 0.0544. The Kier molecular flexibility index (Phi) is 4.61. The Bertz CT molecular complexity index is 65.2. The summed E-state index contributed by atoms with van der Waals surface area (Å²) in [6, 6.07) is -0.181. The Morgan fingerprint density at radius 2 is 1.67 bits per heavy atom. The maximum Gasteiger partial charge on any atom is 0.0977 e. The third kappa shape index (κ3) is 2.76. The van der Waals surface area contributed by atoms with E-state index in [0.717, 1.165) is 0 Å². The van der Waals surface area contributed by atoms with E-state index in [2.05, 4.69) is 0 Å². The van der Waals surface area contributed by atoms with Gasteiger partial charge in [0.05, 0.1) is 20.1 Å². The Labute approximate surface area is 54.3 Å². The molecule has 0 bridgehead atoms. The molecule has 0 aromatic heterocycles. The Morgan fingerprint density at radius 1 is 1.22 bits per heavy atom. The molecule has 0 aliphatic rings. The van der Waals surface area contributed by atoms with Crippen LogP contribution in [0.1, 0.15) is 6.92 Å². The summed E-state index contributed by atoms with van der Waals surface area (Å²) in [5.74, 6) is 0. The summed E-state index contributed by atoms with van der Waals surface area (Å²) in [5.41, 5.74) is 0. The highest BCUT2D eigenvalue weighted by Crippen LogP contribution is 1.92. The number of nitrogens with zero attached hydrogens (tertiary/aromatic N) is 1. The molecule has 0 aromatic carbocycles. The van der Waals surface area contributed by atoms with Crippen molar-refractivity contribution < 1.29 is 15.3 Å². The molecule has 0 fully saturated rings. The first-order valence-electron chi connectivity index (χ1n) is 2.82. The van der Waals surface area contributed by atoms with Gasteiger partial charge >= 0.3 is 0 Å². The summed E-state index contributed by atoms with van der Waals surface area (Å²) < 4.78 is 0. The number of hydrogen-bond donors (Lipinski definition) is 3. The van der Waals surface area contributed by atoms with E-state index in [-0.39, 0.29) is 26.1 Å². The van der Waals surface area contributed by atoms with Gasteiger partial charge in [-0.3, -0.25) is 4.90 Å². The lowest BCUT2D eigenvalue weighted by Gasteiger charge is -2.21. The highest BCUT2D eigenvalue weighted by Gasteiger charge is 2.08. The van der Waals surface area contributed by atoms with E-state index < -0.39 is 0 Å². The molecule has 4 heteroatoms. The molecule has 0 heterocycles. The lowest BCUT2D eigenvalue weighted by atomic mass is 10.3. The molecule has 0 saturated carbocycles. The van der Waals surface area contributed by atoms with Crippen molar-refractivity contribution in [2.45, 2.75) is 13.0 Å². The maximum absolute atomic E-state index is 8.50. The molecule has 0 amide bonds. The van der Waals surface area contributed by atoms with Gasteiger partial charge in [-0.25, -0.2) is 0 Å². The van der Waals surface area contributed by atoms with Crippen LogP contribution in [-0.4, -0.2) is 46.3 Å². The SMILES string of the molecule is CC(CO)N(CO)CO. The predicted molar refractivity (Wildman–Crippen MR) is 32.6 cm³/mol. The third-order valence-electron chi connectivity index (χ3n) is 1.25. The van der Waals surface area contributed by atoms with Gasteiger partial charge in [-0.2, -0.15) is 0 Å². The molecule has 0 aliphatic carbocycles. The van der Waals surface area contributed by atoms with Crippen LogP contribution < -0.4 is 0 Å². The van der Waals surface area contributed by atoms with Crippen LogP contribution in [-0.2, 0) is 0 Å². The zero-order chi connectivity index (χ0) is 7.28. The van der Waals surface area contributed by atoms with Crippen molar-refractivity contribution in [3.8, 4) is 0 Å². The van der Waals surface area contributed by atoms with Crippen molar-refractivity contribution in [2.75, 3.05) is 20.1 Å². The number of aliphatic hydroxyl groups excluding tert-OH is 3. The molecule has 9 heavy (non-hydrogen) atoms. The van der Waals surface area contributed by atoms with Gasteiger partial charge in [-0.15, -0.1) is 0 Å². The Morgan fingerprint density at radius 3 is 1.78 bits per heavy atom. The third-order valence-corrected chi connectivity index (χ3v) is 1.25. The smallest absolute Gasteiger partial charge is 0.0977 e. The average Bonchev–Trinajstić information content (AvgIpc) is 1.90. The van der Waals surface area contributed by atoms with Crippen molar-refractivity contribution in [3.63, 3.8) is 0 Å². The van der Waals surface area contributed by atoms with Crippen molar-refractivity contribution in [1.82, 2.24) is 4.90 Å². The quantitative estimate of drug-likeness (QED) is 0.413. The van der Waals surface area contributed by atoms with Crippen LogP contribution in [0.3, 0.4) is 0 Å². The second-order valence-corrected chi connectivity index (χ2v) is 1.90. The first-order valence-corrected chi connectivity index (χ1v) is 2.82. The molecule has 3 N–H and O–H groups in total. The van der Waals surface area contributed by atoms with Crippen molar-refractivity contribution in [1.29, 1.82) is 0 Å². The molecule has 56 valence electrons. The van der Waals surface area contributed by atoms with Crippen LogP contribution in [0.25, 0.3) is 0 Å². The van der Waals surface area contributed by atoms with E-state index >= 15 is 0 Å². The molecule has 0 aromatic rings. The average molecular weight is 135 g/mol. The standard InChI is InChI=1S/C5H13NO3/c1-5(2-7)6(3-8)4-9/h5,7-9H,2-4H2,1H3. The summed E-state index contributed by atoms with van der Waals surface area (Å²) in [5, 5.41) is 25.5. The minimum atomic E-state index is -0.224. The van der Waals surface area contributed by atoms with Gasteiger partial charge < -0.3 is 15.3 Å². The molecular weight excluding hydrogens is 122 g/mol. The Balaban J connectivity index is 3.50. The molecular formula is C5H13NO3. The molecule has 4 nitrogen and oxygen atoms in total. The highest BCUT2D eigenvalue weighted by atomic mass is 16.3. The fourth-order valence-corrected chi connectivity index (χ4v) is 0.439. The molecule has 0 spiro atoms. The maximum atomic E-state index is 8.50. The van der Waals surface area contributed by atoms with Crippen LogP contribution in [0.2, 0.25) is 0 Å². The van der Waals surface area contributed by atoms with Crippen LogP contribution in [0, 0.1) is 0 Å². The topological polar surface area (TPSA) is 63.9 Å². The van der Waals surface area contributed by atoms with E-state index in [1.165, 1.54) is 4.90 Å². The van der Waals surface area contributed by atoms with E-state index in [9.17, 15) is 0 Å². The van der Waals surface area contributed by atoms with Gasteiger partial charge in [0.15, 0.2) is 0 Å². The van der Waals surface area contributed by atoms with Crippen molar-refractivity contribution in [3.05, 3.63) is 0 Å². The largest absolute Gasteiger partial charge is 0.395 e. The second-order valence-electron chi connectivity index (χ2n) is 1.90. The van der Waals surface area contributed by atoms with Crippen molar-refractivity contribution in [2.24, 2.45) is 0 Å². The summed E-state index contributed by atoms with van der Waals surface area (Å²) in [6.45, 7) is 1.21. The van der Waals surface area contributed by atoms with Gasteiger partial charge in [-0.05, 0) is 6.92 Å². The molecule has 0 aliphatic heterocycles. The van der Waals surface area contributed by atoms with E-state index in [0.29, 0.717) is 0 Å². The monoisotopic (exact) mass is 135 g/mol. The van der Waals surface area contributed by atoms with Crippen molar-refractivity contribution >= 4 is 0 Å². The summed E-state index contributed by atoms with van der Waals surface area (Å²) in [4.78, 5) is 1.33. The molecule has 1 atom stereocenters. The van der Waals surface area contributed by atoms with Crippen LogP contribution in [0.15, 0.2) is 0 Å². The van der Waals surface area contributed by atoms with Crippen LogP contribution in [0.5, 0.6) is 0 Å². The minimum Gasteiger partial charge on any atom is -0.395 e. The summed E-state index contributed by atoms with van der Waals surface area (Å²) >= 11 is 0. The molecule has 0 rings (SSSR count). The first kappa shape index (κ1) is 8.84. The lowest BCUT2D eigenvalue weighted by Crippen LogP contribution is -2.36. The molecule has 1 unspecified atom stereocenters. The van der Waals surface area contributed by atoms with E-state index in [4.69, 9.17) is 15.3 Å². The lowest BCUT2D eigenvalue weighted by molar-refractivity contribution is -0.0136. The Hall–Kier alpha value is -0.160. The van der Waals surface area contributed by atoms with Gasteiger partial charge in [-0.1, -0.05) is 0 Å².